The molecule has 1 aliphatic carbocycles. The van der Waals surface area contributed by atoms with Gasteiger partial charge < -0.3 is 16.2 Å². The van der Waals surface area contributed by atoms with Gasteiger partial charge in [0.15, 0.2) is 0 Å². The first-order chi connectivity index (χ1) is 5.62. The molecule has 0 amide bonds. The summed E-state index contributed by atoms with van der Waals surface area (Å²) in [6.45, 7) is 1.88. The number of nitrogens with two attached hydrogens (primary N) is 1. The van der Waals surface area contributed by atoms with Crippen molar-refractivity contribution in [1.29, 1.82) is 0 Å². The molecule has 2 atom stereocenters. The average molecular weight is 170 g/mol. The molecule has 4 N–H and O–H groups in total. The van der Waals surface area contributed by atoms with Gasteiger partial charge in [-0.3, -0.25) is 4.79 Å². The van der Waals surface area contributed by atoms with E-state index in [1.807, 2.05) is 0 Å². The molecule has 2 rings (SSSR count). The summed E-state index contributed by atoms with van der Waals surface area (Å²) in [6.07, 6.45) is 1.28. The van der Waals surface area contributed by atoms with Crippen molar-refractivity contribution in [2.75, 3.05) is 13.1 Å². The highest BCUT2D eigenvalue weighted by Crippen LogP contribution is 2.39. The Kier molecular flexibility index (Phi) is 1.63. The molecule has 1 saturated heterocycles. The molecule has 1 saturated carbocycles. The van der Waals surface area contributed by atoms with Gasteiger partial charge in [0.1, 0.15) is 5.54 Å². The molecular weight excluding hydrogens is 156 g/mol. The number of hydrogen-bond acceptors (Lipinski definition) is 3. The molecule has 2 aliphatic rings. The largest absolute Gasteiger partial charge is 0.480 e. The van der Waals surface area contributed by atoms with Crippen molar-refractivity contribution < 1.29 is 9.90 Å². The van der Waals surface area contributed by atoms with Gasteiger partial charge in [0, 0.05) is 0 Å². The van der Waals surface area contributed by atoms with Crippen LogP contribution >= 0.6 is 0 Å². The van der Waals surface area contributed by atoms with E-state index < -0.39 is 11.5 Å². The molecule has 4 nitrogen and oxygen atoms in total. The third kappa shape index (κ3) is 1.03. The van der Waals surface area contributed by atoms with Crippen LogP contribution in [0.1, 0.15) is 12.8 Å². The lowest BCUT2D eigenvalue weighted by Crippen LogP contribution is -2.46. The standard InChI is InChI=1S/C8H14N2O2/c9-8(7(11)12)1-5-3-10-4-6(5)2-8/h5-6,10H,1-4,9H2,(H,11,12)/t5-,6-/m0/s1. The van der Waals surface area contributed by atoms with E-state index in [0.717, 1.165) is 13.1 Å². The summed E-state index contributed by atoms with van der Waals surface area (Å²) in [4.78, 5) is 10.8. The molecule has 0 spiro atoms. The predicted octanol–water partition coefficient (Wildman–Crippen LogP) is -0.602. The lowest BCUT2D eigenvalue weighted by atomic mass is 9.97. The fourth-order valence-corrected chi connectivity index (χ4v) is 2.46. The fraction of sp³-hybridized carbons (Fsp3) is 0.875. The minimum absolute atomic E-state index is 0.492. The van der Waals surface area contributed by atoms with E-state index in [1.54, 1.807) is 0 Å². The highest BCUT2D eigenvalue weighted by molar-refractivity contribution is 5.79. The van der Waals surface area contributed by atoms with Crippen LogP contribution in [-0.4, -0.2) is 29.7 Å². The zero-order chi connectivity index (χ0) is 8.77. The molecule has 2 fully saturated rings. The Labute approximate surface area is 71.1 Å². The van der Waals surface area contributed by atoms with Crippen molar-refractivity contribution in [3.63, 3.8) is 0 Å². The van der Waals surface area contributed by atoms with Gasteiger partial charge in [-0.2, -0.15) is 0 Å². The maximum absolute atomic E-state index is 10.8. The van der Waals surface area contributed by atoms with Gasteiger partial charge in [-0.1, -0.05) is 0 Å². The molecule has 0 aromatic rings. The number of rotatable bonds is 1. The third-order valence-corrected chi connectivity index (χ3v) is 3.16. The van der Waals surface area contributed by atoms with Gasteiger partial charge in [-0.15, -0.1) is 0 Å². The smallest absolute Gasteiger partial charge is 0.323 e. The normalized spacial score (nSPS) is 38.1. The Morgan fingerprint density at radius 1 is 1.42 bits per heavy atom. The van der Waals surface area contributed by atoms with Crippen LogP contribution in [0.5, 0.6) is 0 Å². The van der Waals surface area contributed by atoms with E-state index >= 15 is 0 Å². The molecule has 0 aromatic carbocycles. The Balaban J connectivity index is 2.11. The summed E-state index contributed by atoms with van der Waals surface area (Å²) in [7, 11) is 0. The molecule has 0 unspecified atom stereocenters. The Morgan fingerprint density at radius 2 is 1.92 bits per heavy atom. The maximum Gasteiger partial charge on any atom is 0.323 e. The van der Waals surface area contributed by atoms with Crippen LogP contribution in [0, 0.1) is 11.8 Å². The SMILES string of the molecule is NC1(C(=O)O)C[C@H]2CNC[C@@H]2C1. The van der Waals surface area contributed by atoms with Crippen LogP contribution in [0.3, 0.4) is 0 Å². The lowest BCUT2D eigenvalue weighted by Gasteiger charge is -2.18. The fourth-order valence-electron chi connectivity index (χ4n) is 2.46. The second kappa shape index (κ2) is 2.44. The van der Waals surface area contributed by atoms with Crippen LogP contribution in [0.15, 0.2) is 0 Å². The summed E-state index contributed by atoms with van der Waals surface area (Å²) in [5.74, 6) is 0.147. The van der Waals surface area contributed by atoms with Gasteiger partial charge in [0.2, 0.25) is 0 Å². The second-order valence-electron chi connectivity index (χ2n) is 4.05. The number of fused-ring (bicyclic) bond motifs is 1. The van der Waals surface area contributed by atoms with Crippen LogP contribution in [0.4, 0.5) is 0 Å². The van der Waals surface area contributed by atoms with Crippen LogP contribution < -0.4 is 11.1 Å². The molecule has 0 bridgehead atoms. The van der Waals surface area contributed by atoms with Gasteiger partial charge in [0.05, 0.1) is 0 Å². The van der Waals surface area contributed by atoms with Crippen molar-refractivity contribution >= 4 is 5.97 Å². The highest BCUT2D eigenvalue weighted by atomic mass is 16.4. The van der Waals surface area contributed by atoms with E-state index in [2.05, 4.69) is 5.32 Å². The second-order valence-corrected chi connectivity index (χ2v) is 4.05. The first-order valence-corrected chi connectivity index (χ1v) is 4.35. The monoisotopic (exact) mass is 170 g/mol. The molecule has 1 aliphatic heterocycles. The summed E-state index contributed by atoms with van der Waals surface area (Å²) in [5.41, 5.74) is 4.83. The van der Waals surface area contributed by atoms with E-state index in [-0.39, 0.29) is 0 Å². The summed E-state index contributed by atoms with van der Waals surface area (Å²) < 4.78 is 0. The maximum atomic E-state index is 10.8. The molecular formula is C8H14N2O2. The van der Waals surface area contributed by atoms with Gasteiger partial charge in [0.25, 0.3) is 0 Å². The number of carbonyl (C=O) groups is 1. The van der Waals surface area contributed by atoms with E-state index in [4.69, 9.17) is 10.8 Å². The van der Waals surface area contributed by atoms with Crippen LogP contribution in [0.25, 0.3) is 0 Å². The zero-order valence-electron chi connectivity index (χ0n) is 6.92. The summed E-state index contributed by atoms with van der Waals surface area (Å²) in [6, 6.07) is 0. The Hall–Kier alpha value is -0.610. The van der Waals surface area contributed by atoms with Gasteiger partial charge in [-0.05, 0) is 37.8 Å². The van der Waals surface area contributed by atoms with E-state index in [1.165, 1.54) is 0 Å². The minimum atomic E-state index is -0.933. The molecule has 68 valence electrons. The van der Waals surface area contributed by atoms with Crippen molar-refractivity contribution in [3.8, 4) is 0 Å². The average Bonchev–Trinajstić information content (AvgIpc) is 2.44. The number of carboxylic acid groups (broad SMARTS) is 1. The Morgan fingerprint density at radius 3 is 2.33 bits per heavy atom. The van der Waals surface area contributed by atoms with Crippen molar-refractivity contribution in [2.45, 2.75) is 18.4 Å². The summed E-state index contributed by atoms with van der Waals surface area (Å²) in [5, 5.41) is 12.1. The molecule has 12 heavy (non-hydrogen) atoms. The predicted molar refractivity (Wildman–Crippen MR) is 43.6 cm³/mol. The first-order valence-electron chi connectivity index (χ1n) is 4.35. The Bertz CT molecular complexity index is 205. The zero-order valence-corrected chi connectivity index (χ0v) is 6.92. The number of aliphatic carboxylic acids is 1. The molecule has 1 heterocycles. The van der Waals surface area contributed by atoms with Crippen molar-refractivity contribution in [3.05, 3.63) is 0 Å². The number of hydrogen-bond donors (Lipinski definition) is 3. The number of carboxylic acids is 1. The lowest BCUT2D eigenvalue weighted by molar-refractivity contribution is -0.143. The summed E-state index contributed by atoms with van der Waals surface area (Å²) >= 11 is 0. The number of nitrogens with one attached hydrogen (secondary N) is 1. The quantitative estimate of drug-likeness (QED) is 0.491. The third-order valence-electron chi connectivity index (χ3n) is 3.16. The van der Waals surface area contributed by atoms with Gasteiger partial charge in [-0.25, -0.2) is 0 Å². The van der Waals surface area contributed by atoms with E-state index in [9.17, 15) is 4.79 Å². The van der Waals surface area contributed by atoms with E-state index in [0.29, 0.717) is 24.7 Å². The van der Waals surface area contributed by atoms with Crippen LogP contribution in [-0.2, 0) is 4.79 Å². The van der Waals surface area contributed by atoms with Gasteiger partial charge >= 0.3 is 5.97 Å². The molecule has 0 aromatic heterocycles. The first kappa shape index (κ1) is 8.01. The highest BCUT2D eigenvalue weighted by Gasteiger charge is 2.49. The molecule has 0 radical (unpaired) electrons. The topological polar surface area (TPSA) is 75.4 Å². The molecule has 4 heteroatoms. The van der Waals surface area contributed by atoms with Crippen LogP contribution in [0.2, 0.25) is 0 Å². The minimum Gasteiger partial charge on any atom is -0.480 e. The van der Waals surface area contributed by atoms with Crippen molar-refractivity contribution in [1.82, 2.24) is 5.32 Å². The van der Waals surface area contributed by atoms with Crippen molar-refractivity contribution in [2.24, 2.45) is 17.6 Å².